The number of nitrogens with zero attached hydrogens (tertiary/aromatic N) is 1. The molecule has 1 N–H and O–H groups in total. The van der Waals surface area contributed by atoms with Crippen LogP contribution in [0.4, 0.5) is 0 Å². The lowest BCUT2D eigenvalue weighted by Crippen LogP contribution is -2.64. The predicted molar refractivity (Wildman–Crippen MR) is 97.4 cm³/mol. The zero-order valence-electron chi connectivity index (χ0n) is 13.2. The van der Waals surface area contributed by atoms with Crippen molar-refractivity contribution in [3.05, 3.63) is 33.4 Å². The normalized spacial score (nSPS) is 26.0. The Labute approximate surface area is 142 Å². The lowest BCUT2D eigenvalue weighted by molar-refractivity contribution is 0.0203. The van der Waals surface area contributed by atoms with Crippen LogP contribution in [-0.4, -0.2) is 29.6 Å². The van der Waals surface area contributed by atoms with Crippen LogP contribution in [0.3, 0.4) is 0 Å². The summed E-state index contributed by atoms with van der Waals surface area (Å²) in [5.74, 6) is 0.941. The Balaban J connectivity index is 1.76. The van der Waals surface area contributed by atoms with E-state index in [0.29, 0.717) is 5.54 Å². The van der Waals surface area contributed by atoms with Crippen LogP contribution in [0.1, 0.15) is 45.1 Å². The Morgan fingerprint density at radius 1 is 1.19 bits per heavy atom. The third-order valence-electron chi connectivity index (χ3n) is 5.58. The van der Waals surface area contributed by atoms with Gasteiger partial charge in [0.15, 0.2) is 0 Å². The van der Waals surface area contributed by atoms with Crippen molar-refractivity contribution in [1.29, 1.82) is 0 Å². The molecule has 1 unspecified atom stereocenters. The summed E-state index contributed by atoms with van der Waals surface area (Å²) in [7, 11) is 0. The average Bonchev–Trinajstić information content (AvgIpc) is 3.34. The van der Waals surface area contributed by atoms with Gasteiger partial charge in [-0.2, -0.15) is 0 Å². The summed E-state index contributed by atoms with van der Waals surface area (Å²) >= 11 is 2.39. The number of benzene rings is 1. The van der Waals surface area contributed by atoms with E-state index in [0.717, 1.165) is 25.0 Å². The smallest absolute Gasteiger partial charge is 0.0333 e. The summed E-state index contributed by atoms with van der Waals surface area (Å²) in [6.45, 7) is 8.18. The summed E-state index contributed by atoms with van der Waals surface area (Å²) in [6.07, 6.45) is 5.33. The molecule has 116 valence electrons. The monoisotopic (exact) mass is 398 g/mol. The van der Waals surface area contributed by atoms with E-state index in [1.54, 1.807) is 0 Å². The molecule has 0 aromatic heterocycles. The second-order valence-corrected chi connectivity index (χ2v) is 8.01. The lowest BCUT2D eigenvalue weighted by atomic mass is 9.86. The van der Waals surface area contributed by atoms with E-state index in [2.05, 4.69) is 70.9 Å². The minimum absolute atomic E-state index is 0.342. The summed E-state index contributed by atoms with van der Waals surface area (Å²) in [6, 6.07) is 9.78. The van der Waals surface area contributed by atoms with Crippen molar-refractivity contribution in [3.8, 4) is 0 Å². The van der Waals surface area contributed by atoms with E-state index in [-0.39, 0.29) is 0 Å². The van der Waals surface area contributed by atoms with Crippen molar-refractivity contribution in [1.82, 2.24) is 10.2 Å². The number of nitrogens with one attached hydrogen (secondary N) is 1. The van der Waals surface area contributed by atoms with Gasteiger partial charge in [0, 0.05) is 34.8 Å². The van der Waals surface area contributed by atoms with Crippen molar-refractivity contribution in [2.24, 2.45) is 5.92 Å². The van der Waals surface area contributed by atoms with Crippen LogP contribution in [-0.2, 0) is 6.54 Å². The quantitative estimate of drug-likeness (QED) is 0.754. The molecule has 0 spiro atoms. The summed E-state index contributed by atoms with van der Waals surface area (Å²) in [5.41, 5.74) is 1.80. The molecule has 2 nitrogen and oxygen atoms in total. The zero-order chi connectivity index (χ0) is 14.9. The number of rotatable bonds is 5. The fourth-order valence-corrected chi connectivity index (χ4v) is 4.09. The third kappa shape index (κ3) is 3.45. The van der Waals surface area contributed by atoms with Gasteiger partial charge in [0.05, 0.1) is 0 Å². The Morgan fingerprint density at radius 2 is 1.86 bits per heavy atom. The van der Waals surface area contributed by atoms with Gasteiger partial charge in [-0.05, 0) is 71.9 Å². The molecule has 1 aliphatic carbocycles. The Hall–Kier alpha value is -0.130. The molecule has 1 saturated carbocycles. The van der Waals surface area contributed by atoms with E-state index in [1.165, 1.54) is 41.4 Å². The second-order valence-electron chi connectivity index (χ2n) is 6.76. The molecule has 0 bridgehead atoms. The minimum atomic E-state index is 0.342. The number of hydrogen-bond donors (Lipinski definition) is 1. The van der Waals surface area contributed by atoms with Gasteiger partial charge in [0.25, 0.3) is 0 Å². The molecule has 1 saturated heterocycles. The standard InChI is InChI=1S/C18H27IN2/c1-3-18(4-2)13-20-17(15-7-8-15)12-21(18)11-14-5-9-16(19)10-6-14/h5-6,9-10,15,17,20H,3-4,7-8,11-13H2,1-2H3. The SMILES string of the molecule is CCC1(CC)CNC(C2CC2)CN1Cc1ccc(I)cc1. The molecule has 21 heavy (non-hydrogen) atoms. The van der Waals surface area contributed by atoms with Crippen molar-refractivity contribution in [2.45, 2.75) is 57.7 Å². The third-order valence-corrected chi connectivity index (χ3v) is 6.29. The average molecular weight is 398 g/mol. The largest absolute Gasteiger partial charge is 0.311 e. The zero-order valence-corrected chi connectivity index (χ0v) is 15.4. The van der Waals surface area contributed by atoms with Gasteiger partial charge in [-0.15, -0.1) is 0 Å². The summed E-state index contributed by atoms with van der Waals surface area (Å²) < 4.78 is 1.32. The van der Waals surface area contributed by atoms with Crippen LogP contribution in [0, 0.1) is 9.49 Å². The lowest BCUT2D eigenvalue weighted by Gasteiger charge is -2.50. The Morgan fingerprint density at radius 3 is 2.43 bits per heavy atom. The summed E-state index contributed by atoms with van der Waals surface area (Å²) in [5, 5.41) is 3.86. The van der Waals surface area contributed by atoms with Crippen LogP contribution in [0.25, 0.3) is 0 Å². The second kappa shape index (κ2) is 6.55. The van der Waals surface area contributed by atoms with Crippen molar-refractivity contribution in [2.75, 3.05) is 13.1 Å². The maximum atomic E-state index is 3.86. The fraction of sp³-hybridized carbons (Fsp3) is 0.667. The highest BCUT2D eigenvalue weighted by Crippen LogP contribution is 2.37. The molecule has 3 heteroatoms. The highest BCUT2D eigenvalue weighted by Gasteiger charge is 2.43. The molecule has 1 aliphatic heterocycles. The maximum absolute atomic E-state index is 3.86. The van der Waals surface area contributed by atoms with Gasteiger partial charge in [-0.3, -0.25) is 4.90 Å². The first kappa shape index (κ1) is 15.8. The number of piperazine rings is 1. The highest BCUT2D eigenvalue weighted by atomic mass is 127. The van der Waals surface area contributed by atoms with E-state index in [1.807, 2.05) is 0 Å². The van der Waals surface area contributed by atoms with E-state index >= 15 is 0 Å². The van der Waals surface area contributed by atoms with Crippen LogP contribution in [0.15, 0.2) is 24.3 Å². The molecule has 2 fully saturated rings. The maximum Gasteiger partial charge on any atom is 0.0333 e. The Kier molecular flexibility index (Phi) is 4.91. The van der Waals surface area contributed by atoms with Gasteiger partial charge in [-0.1, -0.05) is 26.0 Å². The molecule has 0 radical (unpaired) electrons. The first-order valence-electron chi connectivity index (χ1n) is 8.40. The summed E-state index contributed by atoms with van der Waals surface area (Å²) in [4.78, 5) is 2.77. The van der Waals surface area contributed by atoms with Gasteiger partial charge in [0.1, 0.15) is 0 Å². The molecule has 3 rings (SSSR count). The Bertz CT molecular complexity index is 463. The van der Waals surface area contributed by atoms with Gasteiger partial charge in [0.2, 0.25) is 0 Å². The van der Waals surface area contributed by atoms with Crippen LogP contribution >= 0.6 is 22.6 Å². The van der Waals surface area contributed by atoms with Gasteiger partial charge < -0.3 is 5.32 Å². The number of halogens is 1. The van der Waals surface area contributed by atoms with Crippen molar-refractivity contribution < 1.29 is 0 Å². The highest BCUT2D eigenvalue weighted by molar-refractivity contribution is 14.1. The molecule has 1 aromatic rings. The molecular weight excluding hydrogens is 371 g/mol. The van der Waals surface area contributed by atoms with E-state index in [4.69, 9.17) is 0 Å². The minimum Gasteiger partial charge on any atom is -0.311 e. The topological polar surface area (TPSA) is 15.3 Å². The molecule has 0 amide bonds. The molecular formula is C18H27IN2. The fourth-order valence-electron chi connectivity index (χ4n) is 3.73. The first-order chi connectivity index (χ1) is 10.2. The predicted octanol–water partition coefficient (Wildman–Crippen LogP) is 4.03. The van der Waals surface area contributed by atoms with E-state index < -0.39 is 0 Å². The van der Waals surface area contributed by atoms with E-state index in [9.17, 15) is 0 Å². The molecule has 2 aliphatic rings. The molecule has 1 heterocycles. The first-order valence-corrected chi connectivity index (χ1v) is 9.47. The van der Waals surface area contributed by atoms with Crippen LogP contribution in [0.2, 0.25) is 0 Å². The number of hydrogen-bond acceptors (Lipinski definition) is 2. The van der Waals surface area contributed by atoms with Crippen molar-refractivity contribution >= 4 is 22.6 Å². The van der Waals surface area contributed by atoms with Crippen molar-refractivity contribution in [3.63, 3.8) is 0 Å². The molecule has 1 atom stereocenters. The van der Waals surface area contributed by atoms with Gasteiger partial charge >= 0.3 is 0 Å². The van der Waals surface area contributed by atoms with Crippen LogP contribution < -0.4 is 5.32 Å². The van der Waals surface area contributed by atoms with Gasteiger partial charge in [-0.25, -0.2) is 0 Å². The molecule has 1 aromatic carbocycles. The van der Waals surface area contributed by atoms with Crippen LogP contribution in [0.5, 0.6) is 0 Å².